The quantitative estimate of drug-likeness (QED) is 0.234. The zero-order valence-electron chi connectivity index (χ0n) is 22.8. The lowest BCUT2D eigenvalue weighted by atomic mass is 9.95. The van der Waals surface area contributed by atoms with Crippen LogP contribution in [0.1, 0.15) is 31.2 Å². The van der Waals surface area contributed by atoms with Crippen molar-refractivity contribution in [2.24, 2.45) is 5.92 Å². The van der Waals surface area contributed by atoms with Crippen LogP contribution in [0.4, 0.5) is 15.3 Å². The molecule has 8 nitrogen and oxygen atoms in total. The molecule has 2 amide bonds. The van der Waals surface area contributed by atoms with Crippen LogP contribution in [0, 0.1) is 11.0 Å². The summed E-state index contributed by atoms with van der Waals surface area (Å²) < 4.78 is 15.5. The average Bonchev–Trinajstić information content (AvgIpc) is 3.38. The van der Waals surface area contributed by atoms with Crippen molar-refractivity contribution in [3.05, 3.63) is 82.6 Å². The highest BCUT2D eigenvalue weighted by Gasteiger charge is 2.29. The molecule has 1 fully saturated rings. The lowest BCUT2D eigenvalue weighted by Gasteiger charge is -2.25. The second-order valence-electron chi connectivity index (χ2n) is 10.1. The molecule has 0 bridgehead atoms. The smallest absolute Gasteiger partial charge is 0.304 e. The molecular weight excluding hydrogens is 579 g/mol. The molecule has 2 aromatic carbocycles. The summed E-state index contributed by atoms with van der Waals surface area (Å²) in [7, 11) is 1.47. The number of carboxylic acids is 1. The Morgan fingerprint density at radius 1 is 1.12 bits per heavy atom. The predicted molar refractivity (Wildman–Crippen MR) is 161 cm³/mol. The maximum Gasteiger partial charge on any atom is 0.304 e. The number of carbonyl (C=O) groups excluding carboxylic acids is 2. The van der Waals surface area contributed by atoms with E-state index < -0.39 is 22.9 Å². The SMILES string of the molecule is CN(C(=O)[C@@H](CC(=O)O)Cc1ccccc1)c1nc(-c2cc(Cl)ccc2-c2ccc(N3CCCCC3=O)nc2)c(F)s1. The Hall–Kier alpha value is -4.15. The molecule has 0 unspecified atom stereocenters. The van der Waals surface area contributed by atoms with Gasteiger partial charge in [0.1, 0.15) is 11.5 Å². The highest BCUT2D eigenvalue weighted by molar-refractivity contribution is 7.14. The van der Waals surface area contributed by atoms with Gasteiger partial charge in [-0.3, -0.25) is 24.2 Å². The number of halogens is 2. The minimum atomic E-state index is -1.10. The van der Waals surface area contributed by atoms with Crippen LogP contribution in [-0.2, 0) is 20.8 Å². The number of hydrogen-bond donors (Lipinski definition) is 1. The summed E-state index contributed by atoms with van der Waals surface area (Å²) in [5.41, 5.74) is 2.56. The molecule has 5 rings (SSSR count). The van der Waals surface area contributed by atoms with E-state index in [4.69, 9.17) is 11.6 Å². The van der Waals surface area contributed by atoms with E-state index in [0.29, 0.717) is 51.8 Å². The van der Waals surface area contributed by atoms with E-state index in [2.05, 4.69) is 9.97 Å². The van der Waals surface area contributed by atoms with E-state index in [0.717, 1.165) is 18.4 Å². The molecule has 2 aromatic heterocycles. The standard InChI is InChI=1S/C31H28ClFN4O4S/c1-36(30(41)21(16-27(39)40)15-19-7-3-2-4-8-19)31-35-28(29(33)42-31)24-17-22(32)11-12-23(24)20-10-13-25(34-18-20)37-14-6-5-9-26(37)38/h2-4,7-8,10-13,17-18,21H,5-6,9,14-16H2,1H3,(H,39,40)/t21-/m1/s1. The van der Waals surface area contributed by atoms with Gasteiger partial charge < -0.3 is 5.11 Å². The summed E-state index contributed by atoms with van der Waals surface area (Å²) in [4.78, 5) is 49.1. The van der Waals surface area contributed by atoms with Crippen LogP contribution in [-0.4, -0.2) is 46.5 Å². The highest BCUT2D eigenvalue weighted by Crippen LogP contribution is 2.39. The first-order chi connectivity index (χ1) is 20.2. The number of pyridine rings is 1. The van der Waals surface area contributed by atoms with Gasteiger partial charge in [-0.2, -0.15) is 4.39 Å². The number of nitrogens with zero attached hydrogens (tertiary/aromatic N) is 4. The van der Waals surface area contributed by atoms with Gasteiger partial charge in [0, 0.05) is 42.4 Å². The molecule has 42 heavy (non-hydrogen) atoms. The van der Waals surface area contributed by atoms with Gasteiger partial charge in [0.2, 0.25) is 16.9 Å². The molecule has 0 spiro atoms. The normalized spacial score (nSPS) is 14.1. The molecule has 0 radical (unpaired) electrons. The van der Waals surface area contributed by atoms with E-state index in [9.17, 15) is 19.5 Å². The summed E-state index contributed by atoms with van der Waals surface area (Å²) in [6, 6.07) is 17.8. The van der Waals surface area contributed by atoms with Gasteiger partial charge in [0.15, 0.2) is 5.13 Å². The van der Waals surface area contributed by atoms with Gasteiger partial charge in [-0.25, -0.2) is 9.97 Å². The Balaban J connectivity index is 1.43. The average molecular weight is 607 g/mol. The Morgan fingerprint density at radius 2 is 1.90 bits per heavy atom. The predicted octanol–water partition coefficient (Wildman–Crippen LogP) is 6.48. The van der Waals surface area contributed by atoms with Crippen molar-refractivity contribution in [3.8, 4) is 22.4 Å². The molecule has 4 aromatic rings. The van der Waals surface area contributed by atoms with Gasteiger partial charge in [-0.15, -0.1) is 0 Å². The minimum Gasteiger partial charge on any atom is -0.481 e. The molecular formula is C31H28ClFN4O4S. The highest BCUT2D eigenvalue weighted by atomic mass is 35.5. The molecule has 1 saturated heterocycles. The number of anilines is 2. The molecule has 1 aliphatic heterocycles. The summed E-state index contributed by atoms with van der Waals surface area (Å²) >= 11 is 7.01. The van der Waals surface area contributed by atoms with Crippen LogP contribution in [0.15, 0.2) is 66.9 Å². The van der Waals surface area contributed by atoms with Crippen LogP contribution in [0.2, 0.25) is 5.02 Å². The maximum atomic E-state index is 15.5. The molecule has 216 valence electrons. The Morgan fingerprint density at radius 3 is 2.60 bits per heavy atom. The second-order valence-corrected chi connectivity index (χ2v) is 11.5. The van der Waals surface area contributed by atoms with Gasteiger partial charge in [-0.05, 0) is 54.7 Å². The third-order valence-corrected chi connectivity index (χ3v) is 8.34. The number of carboxylic acid groups (broad SMARTS) is 1. The largest absolute Gasteiger partial charge is 0.481 e. The molecule has 1 N–H and O–H groups in total. The van der Waals surface area contributed by atoms with E-state index in [1.54, 1.807) is 35.4 Å². The van der Waals surface area contributed by atoms with Crippen molar-refractivity contribution in [2.45, 2.75) is 32.1 Å². The number of thiazole rings is 1. The number of amides is 2. The molecule has 0 aliphatic carbocycles. The van der Waals surface area contributed by atoms with E-state index in [-0.39, 0.29) is 29.6 Å². The van der Waals surface area contributed by atoms with E-state index >= 15 is 4.39 Å². The van der Waals surface area contributed by atoms with Gasteiger partial charge in [0.25, 0.3) is 0 Å². The Labute approximate surface area is 251 Å². The second kappa shape index (κ2) is 12.8. The monoisotopic (exact) mass is 606 g/mol. The topological polar surface area (TPSA) is 104 Å². The van der Waals surface area contributed by atoms with Crippen molar-refractivity contribution in [1.29, 1.82) is 0 Å². The van der Waals surface area contributed by atoms with Crippen LogP contribution in [0.5, 0.6) is 0 Å². The van der Waals surface area contributed by atoms with Crippen LogP contribution < -0.4 is 9.80 Å². The fourth-order valence-corrected chi connectivity index (χ4v) is 5.99. The van der Waals surface area contributed by atoms with Gasteiger partial charge in [-0.1, -0.05) is 59.3 Å². The number of aromatic nitrogens is 2. The zero-order chi connectivity index (χ0) is 29.8. The number of piperidine rings is 1. The van der Waals surface area contributed by atoms with Crippen LogP contribution in [0.3, 0.4) is 0 Å². The van der Waals surface area contributed by atoms with Crippen molar-refractivity contribution >= 4 is 51.7 Å². The third-order valence-electron chi connectivity index (χ3n) is 7.18. The zero-order valence-corrected chi connectivity index (χ0v) is 24.4. The number of hydrogen-bond acceptors (Lipinski definition) is 6. The number of carbonyl (C=O) groups is 3. The van der Waals surface area contributed by atoms with Crippen molar-refractivity contribution in [1.82, 2.24) is 9.97 Å². The van der Waals surface area contributed by atoms with Crippen LogP contribution in [0.25, 0.3) is 22.4 Å². The molecule has 1 atom stereocenters. The van der Waals surface area contributed by atoms with Crippen molar-refractivity contribution < 1.29 is 23.9 Å². The number of rotatable bonds is 9. The van der Waals surface area contributed by atoms with E-state index in [1.165, 1.54) is 11.9 Å². The van der Waals surface area contributed by atoms with Gasteiger partial charge in [0.05, 0.1) is 12.3 Å². The fraction of sp³-hybridized carbons (Fsp3) is 0.258. The van der Waals surface area contributed by atoms with E-state index in [1.807, 2.05) is 36.4 Å². The maximum absolute atomic E-state index is 15.5. The summed E-state index contributed by atoms with van der Waals surface area (Å²) in [5, 5.41) is 9.30. The lowest BCUT2D eigenvalue weighted by molar-refractivity contribution is -0.140. The first-order valence-corrected chi connectivity index (χ1v) is 14.7. The third kappa shape index (κ3) is 6.50. The van der Waals surface area contributed by atoms with Crippen molar-refractivity contribution in [3.63, 3.8) is 0 Å². The lowest BCUT2D eigenvalue weighted by Crippen LogP contribution is -2.35. The Kier molecular flexibility index (Phi) is 8.94. The summed E-state index contributed by atoms with van der Waals surface area (Å²) in [6.45, 7) is 0.620. The fourth-order valence-electron chi connectivity index (χ4n) is 5.04. The summed E-state index contributed by atoms with van der Waals surface area (Å²) in [6.07, 6.45) is 3.77. The minimum absolute atomic E-state index is 0.0141. The van der Waals surface area contributed by atoms with Crippen LogP contribution >= 0.6 is 22.9 Å². The summed E-state index contributed by atoms with van der Waals surface area (Å²) in [5.74, 6) is -1.83. The molecule has 3 heterocycles. The molecule has 11 heteroatoms. The molecule has 0 saturated carbocycles. The first kappa shape index (κ1) is 29.3. The Bertz CT molecular complexity index is 1610. The number of aliphatic carboxylic acids is 1. The number of benzene rings is 2. The van der Waals surface area contributed by atoms with Gasteiger partial charge >= 0.3 is 5.97 Å². The van der Waals surface area contributed by atoms with Crippen molar-refractivity contribution in [2.75, 3.05) is 23.4 Å². The first-order valence-electron chi connectivity index (χ1n) is 13.5. The molecule has 1 aliphatic rings.